The number of benzene rings is 2. The van der Waals surface area contributed by atoms with E-state index in [2.05, 4.69) is 15.6 Å². The summed E-state index contributed by atoms with van der Waals surface area (Å²) in [6.07, 6.45) is -0.620. The maximum absolute atomic E-state index is 13.3. The van der Waals surface area contributed by atoms with E-state index < -0.39 is 6.10 Å². The van der Waals surface area contributed by atoms with E-state index in [1.54, 1.807) is 17.4 Å². The predicted molar refractivity (Wildman–Crippen MR) is 106 cm³/mol. The fourth-order valence-corrected chi connectivity index (χ4v) is 3.66. The zero-order valence-corrected chi connectivity index (χ0v) is 15.4. The first kappa shape index (κ1) is 18.4. The molecule has 0 aliphatic carbocycles. The Morgan fingerprint density at radius 3 is 2.77 bits per heavy atom. The molecule has 4 nitrogen and oxygen atoms in total. The average molecular weight is 371 g/mol. The second-order valence-corrected chi connectivity index (χ2v) is 7.02. The molecule has 0 spiro atoms. The van der Waals surface area contributed by atoms with E-state index in [0.29, 0.717) is 25.6 Å². The highest BCUT2D eigenvalue weighted by molar-refractivity contribution is 7.19. The van der Waals surface area contributed by atoms with Crippen molar-refractivity contribution in [2.45, 2.75) is 19.6 Å². The molecule has 3 rings (SSSR count). The second-order valence-electron chi connectivity index (χ2n) is 5.91. The lowest BCUT2D eigenvalue weighted by Crippen LogP contribution is -2.39. The van der Waals surface area contributed by atoms with Crippen LogP contribution in [0.5, 0.6) is 0 Å². The number of rotatable bonds is 6. The number of aliphatic hydroxyl groups excluding tert-OH is 1. The minimum atomic E-state index is -0.620. The lowest BCUT2D eigenvalue weighted by Gasteiger charge is -2.14. The third-order valence-corrected chi connectivity index (χ3v) is 5.11. The molecule has 26 heavy (non-hydrogen) atoms. The van der Waals surface area contributed by atoms with Gasteiger partial charge in [-0.2, -0.15) is 0 Å². The lowest BCUT2D eigenvalue weighted by molar-refractivity contribution is 0.184. The molecule has 1 unspecified atom stereocenters. The third-order valence-electron chi connectivity index (χ3n) is 3.89. The van der Waals surface area contributed by atoms with E-state index in [4.69, 9.17) is 0 Å². The number of nitrogens with zero attached hydrogens (tertiary/aromatic N) is 1. The number of nitrogens with one attached hydrogen (secondary N) is 2. The molecular weight excluding hydrogens is 349 g/mol. The van der Waals surface area contributed by atoms with E-state index in [0.717, 1.165) is 20.5 Å². The number of hydrogen-bond acceptors (Lipinski definition) is 3. The van der Waals surface area contributed by atoms with Crippen molar-refractivity contribution in [3.63, 3.8) is 0 Å². The number of halogens is 1. The maximum atomic E-state index is 13.3. The molecule has 3 aromatic rings. The van der Waals surface area contributed by atoms with Gasteiger partial charge in [0.15, 0.2) is 5.96 Å². The molecule has 2 aromatic carbocycles. The Bertz CT molecular complexity index is 860. The van der Waals surface area contributed by atoms with Gasteiger partial charge in [0.05, 0.1) is 6.54 Å². The van der Waals surface area contributed by atoms with Crippen LogP contribution >= 0.6 is 11.3 Å². The summed E-state index contributed by atoms with van der Waals surface area (Å²) in [5.74, 6) is 0.327. The molecule has 0 aliphatic rings. The molecule has 0 saturated heterocycles. The van der Waals surface area contributed by atoms with Gasteiger partial charge in [-0.1, -0.05) is 30.3 Å². The maximum Gasteiger partial charge on any atom is 0.191 e. The van der Waals surface area contributed by atoms with Crippen molar-refractivity contribution in [3.8, 4) is 0 Å². The van der Waals surface area contributed by atoms with E-state index in [9.17, 15) is 9.50 Å². The molecule has 1 aromatic heterocycles. The van der Waals surface area contributed by atoms with Gasteiger partial charge in [0.2, 0.25) is 0 Å². The summed E-state index contributed by atoms with van der Waals surface area (Å²) < 4.78 is 14.4. The molecule has 6 heteroatoms. The van der Waals surface area contributed by atoms with Crippen molar-refractivity contribution in [1.82, 2.24) is 10.6 Å². The van der Waals surface area contributed by atoms with Crippen LogP contribution in [0.2, 0.25) is 0 Å². The number of fused-ring (bicyclic) bond motifs is 1. The molecule has 0 bridgehead atoms. The number of aliphatic imine (C=N–C) groups is 1. The van der Waals surface area contributed by atoms with Crippen LogP contribution in [0.15, 0.2) is 59.6 Å². The van der Waals surface area contributed by atoms with Crippen LogP contribution in [0, 0.1) is 5.82 Å². The van der Waals surface area contributed by atoms with Crippen LogP contribution in [-0.4, -0.2) is 24.2 Å². The van der Waals surface area contributed by atoms with Gasteiger partial charge < -0.3 is 15.7 Å². The smallest absolute Gasteiger partial charge is 0.191 e. The lowest BCUT2D eigenvalue weighted by atomic mass is 10.2. The molecule has 0 saturated carbocycles. The van der Waals surface area contributed by atoms with Crippen LogP contribution < -0.4 is 10.6 Å². The Morgan fingerprint density at radius 2 is 2.00 bits per heavy atom. The van der Waals surface area contributed by atoms with E-state index in [1.807, 2.05) is 43.3 Å². The summed E-state index contributed by atoms with van der Waals surface area (Å²) in [7, 11) is 0. The molecular formula is C20H22FN3OS. The summed E-state index contributed by atoms with van der Waals surface area (Å²) in [4.78, 5) is 5.37. The Balaban J connectivity index is 1.62. The van der Waals surface area contributed by atoms with Crippen LogP contribution in [0.1, 0.15) is 23.5 Å². The van der Waals surface area contributed by atoms with Crippen molar-refractivity contribution in [3.05, 3.63) is 70.9 Å². The van der Waals surface area contributed by atoms with Crippen molar-refractivity contribution in [1.29, 1.82) is 0 Å². The monoisotopic (exact) mass is 371 g/mol. The molecule has 0 amide bonds. The molecule has 3 N–H and O–H groups in total. The highest BCUT2D eigenvalue weighted by atomic mass is 32.1. The SMILES string of the molecule is CCNC(=NCc1cccc(F)c1)NCC(O)c1cc2ccccc2s1. The highest BCUT2D eigenvalue weighted by Crippen LogP contribution is 2.29. The molecule has 1 atom stereocenters. The summed E-state index contributed by atoms with van der Waals surface area (Å²) >= 11 is 1.59. The van der Waals surface area contributed by atoms with Crippen molar-refractivity contribution in [2.75, 3.05) is 13.1 Å². The minimum Gasteiger partial charge on any atom is -0.386 e. The van der Waals surface area contributed by atoms with E-state index >= 15 is 0 Å². The quantitative estimate of drug-likeness (QED) is 0.456. The number of thiophene rings is 1. The standard InChI is InChI=1S/C20H22FN3OS/c1-2-22-20(23-12-14-6-5-8-16(21)10-14)24-13-17(25)19-11-15-7-3-4-9-18(15)26-19/h3-11,17,25H,2,12-13H2,1H3,(H2,22,23,24). The van der Waals surface area contributed by atoms with Crippen molar-refractivity contribution in [2.24, 2.45) is 4.99 Å². The number of aliphatic hydroxyl groups is 1. The van der Waals surface area contributed by atoms with Crippen molar-refractivity contribution < 1.29 is 9.50 Å². The third kappa shape index (κ3) is 4.80. The van der Waals surface area contributed by atoms with Crippen LogP contribution in [0.4, 0.5) is 4.39 Å². The van der Waals surface area contributed by atoms with Gasteiger partial charge in [0.1, 0.15) is 11.9 Å². The highest BCUT2D eigenvalue weighted by Gasteiger charge is 2.12. The summed E-state index contributed by atoms with van der Waals surface area (Å²) in [5, 5.41) is 17.9. The summed E-state index contributed by atoms with van der Waals surface area (Å²) in [6.45, 7) is 3.39. The van der Waals surface area contributed by atoms with Crippen LogP contribution in [-0.2, 0) is 6.54 Å². The summed E-state index contributed by atoms with van der Waals surface area (Å²) in [6, 6.07) is 16.5. The Morgan fingerprint density at radius 1 is 1.15 bits per heavy atom. The Kier molecular flexibility index (Phi) is 6.20. The zero-order valence-electron chi connectivity index (χ0n) is 14.6. The molecule has 0 radical (unpaired) electrons. The number of guanidine groups is 1. The minimum absolute atomic E-state index is 0.268. The van der Waals surface area contributed by atoms with Gasteiger partial charge in [0, 0.05) is 22.7 Å². The molecule has 0 aliphatic heterocycles. The van der Waals surface area contributed by atoms with Gasteiger partial charge >= 0.3 is 0 Å². The van der Waals surface area contributed by atoms with Gasteiger partial charge in [-0.25, -0.2) is 9.38 Å². The van der Waals surface area contributed by atoms with Crippen LogP contribution in [0.25, 0.3) is 10.1 Å². The second kappa shape index (κ2) is 8.78. The van der Waals surface area contributed by atoms with Gasteiger partial charge in [-0.3, -0.25) is 0 Å². The first-order chi connectivity index (χ1) is 12.7. The van der Waals surface area contributed by atoms with Gasteiger partial charge in [0.25, 0.3) is 0 Å². The van der Waals surface area contributed by atoms with E-state index in [1.165, 1.54) is 12.1 Å². The fourth-order valence-electron chi connectivity index (χ4n) is 2.61. The normalized spacial score (nSPS) is 13.0. The first-order valence-electron chi connectivity index (χ1n) is 8.59. The average Bonchev–Trinajstić information content (AvgIpc) is 3.08. The Labute approximate surface area is 156 Å². The van der Waals surface area contributed by atoms with Gasteiger partial charge in [-0.05, 0) is 42.1 Å². The van der Waals surface area contributed by atoms with E-state index in [-0.39, 0.29) is 5.82 Å². The van der Waals surface area contributed by atoms with Crippen molar-refractivity contribution >= 4 is 27.4 Å². The predicted octanol–water partition coefficient (Wildman–Crippen LogP) is 3.83. The largest absolute Gasteiger partial charge is 0.386 e. The summed E-state index contributed by atoms with van der Waals surface area (Å²) in [5.41, 5.74) is 0.798. The molecule has 1 heterocycles. The topological polar surface area (TPSA) is 56.7 Å². The molecule has 136 valence electrons. The van der Waals surface area contributed by atoms with Gasteiger partial charge in [-0.15, -0.1) is 11.3 Å². The molecule has 0 fully saturated rings. The zero-order chi connectivity index (χ0) is 18.4. The first-order valence-corrected chi connectivity index (χ1v) is 9.40. The number of hydrogen-bond donors (Lipinski definition) is 3. The Hall–Kier alpha value is -2.44. The van der Waals surface area contributed by atoms with Crippen LogP contribution in [0.3, 0.4) is 0 Å². The fraction of sp³-hybridized carbons (Fsp3) is 0.250.